The van der Waals surface area contributed by atoms with Gasteiger partial charge in [0.1, 0.15) is 12.2 Å². The van der Waals surface area contributed by atoms with Gasteiger partial charge in [0.05, 0.1) is 6.61 Å². The molecule has 2 saturated heterocycles. The van der Waals surface area contributed by atoms with Crippen molar-refractivity contribution in [3.05, 3.63) is 35.9 Å². The quantitative estimate of drug-likeness (QED) is 0.551. The predicted molar refractivity (Wildman–Crippen MR) is 91.5 cm³/mol. The van der Waals surface area contributed by atoms with Crippen LogP contribution in [-0.2, 0) is 42.8 Å². The van der Waals surface area contributed by atoms with Gasteiger partial charge in [0.15, 0.2) is 12.4 Å². The number of hydrogen-bond acceptors (Lipinski definition) is 9. The summed E-state index contributed by atoms with van der Waals surface area (Å²) < 4.78 is 33.3. The van der Waals surface area contributed by atoms with Crippen LogP contribution in [0.4, 0.5) is 0 Å². The van der Waals surface area contributed by atoms with Crippen LogP contribution in [0.25, 0.3) is 0 Å². The molecule has 2 fully saturated rings. The van der Waals surface area contributed by atoms with Crippen molar-refractivity contribution in [3.63, 3.8) is 0 Å². The summed E-state index contributed by atoms with van der Waals surface area (Å²) >= 11 is 0. The fourth-order valence-corrected chi connectivity index (χ4v) is 3.23. The summed E-state index contributed by atoms with van der Waals surface area (Å²) in [5.74, 6) is -1.88. The van der Waals surface area contributed by atoms with E-state index in [-0.39, 0.29) is 6.61 Å². The van der Waals surface area contributed by atoms with E-state index in [0.29, 0.717) is 0 Å². The average molecular weight is 394 g/mol. The van der Waals surface area contributed by atoms with Crippen LogP contribution >= 0.6 is 0 Å². The van der Waals surface area contributed by atoms with Crippen molar-refractivity contribution in [2.45, 2.75) is 57.8 Å². The van der Waals surface area contributed by atoms with Crippen molar-refractivity contribution in [3.8, 4) is 0 Å². The molecule has 3 rings (SSSR count). The van der Waals surface area contributed by atoms with Crippen LogP contribution in [0.15, 0.2) is 30.3 Å². The summed E-state index contributed by atoms with van der Waals surface area (Å²) in [6, 6.07) is 9.21. The largest absolute Gasteiger partial charge is 0.455 e. The molecule has 6 atom stereocenters. The third-order valence-electron chi connectivity index (χ3n) is 4.24. The lowest BCUT2D eigenvalue weighted by atomic mass is 9.97. The van der Waals surface area contributed by atoms with E-state index in [0.717, 1.165) is 5.56 Å². The number of hydrogen-bond donors (Lipinski definition) is 0. The summed E-state index contributed by atoms with van der Waals surface area (Å²) in [5.41, 5.74) is 0.772. The zero-order chi connectivity index (χ0) is 20.3. The van der Waals surface area contributed by atoms with Crippen LogP contribution in [0.3, 0.4) is 0 Å². The van der Waals surface area contributed by atoms with E-state index in [1.807, 2.05) is 30.3 Å². The first kappa shape index (κ1) is 20.2. The summed E-state index contributed by atoms with van der Waals surface area (Å²) in [7, 11) is 0. The Morgan fingerprint density at radius 2 is 1.46 bits per heavy atom. The first-order valence-corrected chi connectivity index (χ1v) is 8.84. The van der Waals surface area contributed by atoms with Gasteiger partial charge >= 0.3 is 17.9 Å². The van der Waals surface area contributed by atoms with Crippen molar-refractivity contribution in [2.24, 2.45) is 0 Å². The summed E-state index contributed by atoms with van der Waals surface area (Å²) in [6.07, 6.45) is -5.68. The van der Waals surface area contributed by atoms with Crippen molar-refractivity contribution >= 4 is 17.9 Å². The topological polar surface area (TPSA) is 107 Å². The third kappa shape index (κ3) is 4.67. The van der Waals surface area contributed by atoms with Gasteiger partial charge in [-0.15, -0.1) is 0 Å². The molecule has 2 aliphatic heterocycles. The highest BCUT2D eigenvalue weighted by atomic mass is 16.8. The molecule has 9 heteroatoms. The Morgan fingerprint density at radius 1 is 0.857 bits per heavy atom. The summed E-state index contributed by atoms with van der Waals surface area (Å²) in [6.45, 7) is 3.72. The molecule has 152 valence electrons. The molecule has 0 bridgehead atoms. The van der Waals surface area contributed by atoms with E-state index < -0.39 is 54.9 Å². The Labute approximate surface area is 161 Å². The standard InChI is InChI=1S/C19H22O9/c1-10(20)24-16-15-14(9-23-18(28-15)13-7-5-4-6-8-13)27-19(26-12(3)22)17(16)25-11(2)21/h4-8,14-19H,9H2,1-3H3/t14-,15-,16+,17-,18-,19-/m1/s1. The molecule has 2 heterocycles. The van der Waals surface area contributed by atoms with Crippen molar-refractivity contribution in [2.75, 3.05) is 6.61 Å². The van der Waals surface area contributed by atoms with E-state index in [2.05, 4.69) is 0 Å². The molecule has 1 aromatic rings. The van der Waals surface area contributed by atoms with Crippen LogP contribution in [0.2, 0.25) is 0 Å². The smallest absolute Gasteiger partial charge is 0.305 e. The van der Waals surface area contributed by atoms with E-state index in [1.165, 1.54) is 20.8 Å². The van der Waals surface area contributed by atoms with E-state index in [4.69, 9.17) is 28.4 Å². The van der Waals surface area contributed by atoms with Gasteiger partial charge in [0.2, 0.25) is 12.4 Å². The maximum absolute atomic E-state index is 11.7. The first-order valence-electron chi connectivity index (χ1n) is 8.84. The van der Waals surface area contributed by atoms with E-state index in [1.54, 1.807) is 0 Å². The SMILES string of the molecule is CC(=O)O[C@@H]1O[C@@H]2CO[C@@H](c3ccccc3)O[C@H]2[C@H](OC(C)=O)[C@H]1OC(C)=O. The molecular weight excluding hydrogens is 372 g/mol. The summed E-state index contributed by atoms with van der Waals surface area (Å²) in [5, 5.41) is 0. The van der Waals surface area contributed by atoms with E-state index in [9.17, 15) is 14.4 Å². The number of rotatable bonds is 4. The van der Waals surface area contributed by atoms with Gasteiger partial charge in [-0.25, -0.2) is 0 Å². The third-order valence-corrected chi connectivity index (χ3v) is 4.24. The molecule has 1 aromatic carbocycles. The number of fused-ring (bicyclic) bond motifs is 1. The molecule has 0 aromatic heterocycles. The van der Waals surface area contributed by atoms with Crippen molar-refractivity contribution in [1.82, 2.24) is 0 Å². The summed E-state index contributed by atoms with van der Waals surface area (Å²) in [4.78, 5) is 34.8. The van der Waals surface area contributed by atoms with Gasteiger partial charge in [-0.1, -0.05) is 30.3 Å². The lowest BCUT2D eigenvalue weighted by Gasteiger charge is -2.47. The highest BCUT2D eigenvalue weighted by Crippen LogP contribution is 2.36. The molecule has 9 nitrogen and oxygen atoms in total. The monoisotopic (exact) mass is 394 g/mol. The minimum absolute atomic E-state index is 0.104. The van der Waals surface area contributed by atoms with Gasteiger partial charge in [-0.05, 0) is 0 Å². The van der Waals surface area contributed by atoms with Gasteiger partial charge in [-0.2, -0.15) is 0 Å². The number of benzene rings is 1. The van der Waals surface area contributed by atoms with Crippen LogP contribution in [0.1, 0.15) is 32.6 Å². The Bertz CT molecular complexity index is 719. The molecule has 0 spiro atoms. The second-order valence-electron chi connectivity index (χ2n) is 6.48. The molecule has 0 radical (unpaired) electrons. The maximum Gasteiger partial charge on any atom is 0.305 e. The number of esters is 3. The van der Waals surface area contributed by atoms with Gasteiger partial charge in [0, 0.05) is 26.3 Å². The highest BCUT2D eigenvalue weighted by Gasteiger charge is 2.54. The molecule has 0 amide bonds. The highest BCUT2D eigenvalue weighted by molar-refractivity contribution is 5.68. The second kappa shape index (κ2) is 8.68. The van der Waals surface area contributed by atoms with Gasteiger partial charge in [-0.3, -0.25) is 14.4 Å². The molecule has 0 N–H and O–H groups in total. The number of ether oxygens (including phenoxy) is 6. The molecule has 2 aliphatic rings. The Hall–Kier alpha value is -2.49. The van der Waals surface area contributed by atoms with Gasteiger partial charge in [0.25, 0.3) is 0 Å². The minimum Gasteiger partial charge on any atom is -0.455 e. The van der Waals surface area contributed by atoms with Crippen LogP contribution in [0, 0.1) is 0 Å². The van der Waals surface area contributed by atoms with Crippen molar-refractivity contribution < 1.29 is 42.8 Å². The molecule has 0 saturated carbocycles. The zero-order valence-electron chi connectivity index (χ0n) is 15.7. The zero-order valence-corrected chi connectivity index (χ0v) is 15.7. The normalized spacial score (nSPS) is 32.0. The maximum atomic E-state index is 11.7. The Balaban J connectivity index is 1.88. The van der Waals surface area contributed by atoms with Crippen LogP contribution < -0.4 is 0 Å². The van der Waals surface area contributed by atoms with E-state index >= 15 is 0 Å². The lowest BCUT2D eigenvalue weighted by molar-refractivity contribution is -0.356. The molecular formula is C19H22O9. The second-order valence-corrected chi connectivity index (χ2v) is 6.48. The lowest BCUT2D eigenvalue weighted by Crippen LogP contribution is -2.64. The fraction of sp³-hybridized carbons (Fsp3) is 0.526. The number of carbonyl (C=O) groups is 3. The van der Waals surface area contributed by atoms with Gasteiger partial charge < -0.3 is 28.4 Å². The Kier molecular flexibility index (Phi) is 6.28. The van der Waals surface area contributed by atoms with Crippen molar-refractivity contribution in [1.29, 1.82) is 0 Å². The fourth-order valence-electron chi connectivity index (χ4n) is 3.23. The Morgan fingerprint density at radius 3 is 2.07 bits per heavy atom. The molecule has 0 aliphatic carbocycles. The predicted octanol–water partition coefficient (Wildman–Crippen LogP) is 1.25. The molecule has 0 unspecified atom stereocenters. The molecule has 28 heavy (non-hydrogen) atoms. The first-order chi connectivity index (χ1) is 13.3. The number of carbonyl (C=O) groups excluding carboxylic acids is 3. The average Bonchev–Trinajstić information content (AvgIpc) is 2.64. The minimum atomic E-state index is -1.26. The van der Waals surface area contributed by atoms with Crippen LogP contribution in [-0.4, -0.2) is 55.2 Å². The van der Waals surface area contributed by atoms with Crippen LogP contribution in [0.5, 0.6) is 0 Å².